The third-order valence-corrected chi connectivity index (χ3v) is 5.22. The Balaban J connectivity index is 1.58. The summed E-state index contributed by atoms with van der Waals surface area (Å²) in [4.78, 5) is 24.1. The molecule has 5 aromatic heterocycles. The van der Waals surface area contributed by atoms with Gasteiger partial charge in [-0.25, -0.2) is 9.67 Å². The second kappa shape index (κ2) is 8.14. The van der Waals surface area contributed by atoms with E-state index in [0.29, 0.717) is 35.4 Å². The Morgan fingerprint density at radius 1 is 1.12 bits per heavy atom. The Morgan fingerprint density at radius 2 is 2.03 bits per heavy atom. The molecule has 0 atom stereocenters. The highest BCUT2D eigenvalue weighted by atomic mass is 16.3. The molecule has 0 unspecified atom stereocenters. The lowest BCUT2D eigenvalue weighted by atomic mass is 10.1. The summed E-state index contributed by atoms with van der Waals surface area (Å²) in [6.07, 6.45) is 6.73. The van der Waals surface area contributed by atoms with Gasteiger partial charge in [-0.05, 0) is 49.4 Å². The number of pyridine rings is 2. The Morgan fingerprint density at radius 3 is 2.75 bits per heavy atom. The molecule has 8 heteroatoms. The average Bonchev–Trinajstić information content (AvgIpc) is 3.56. The number of aryl methyl sites for hydroxylation is 1. The van der Waals surface area contributed by atoms with Crippen LogP contribution in [0.3, 0.4) is 0 Å². The fourth-order valence-corrected chi connectivity index (χ4v) is 3.63. The minimum atomic E-state index is -0.144. The van der Waals surface area contributed by atoms with E-state index in [1.807, 2.05) is 43.3 Å². The molecule has 32 heavy (non-hydrogen) atoms. The maximum absolute atomic E-state index is 13.5. The fourth-order valence-electron chi connectivity index (χ4n) is 3.63. The molecular formula is C24H21N5O3. The maximum atomic E-state index is 13.5. The van der Waals surface area contributed by atoms with Crippen molar-refractivity contribution in [1.29, 1.82) is 0 Å². The van der Waals surface area contributed by atoms with Gasteiger partial charge < -0.3 is 13.7 Å². The molecule has 0 radical (unpaired) electrons. The Bertz CT molecular complexity index is 1370. The molecule has 0 aliphatic heterocycles. The Hall–Kier alpha value is -4.20. The monoisotopic (exact) mass is 427 g/mol. The molecular weight excluding hydrogens is 406 g/mol. The van der Waals surface area contributed by atoms with Crippen molar-refractivity contribution in [2.24, 2.45) is 0 Å². The molecule has 0 N–H and O–H groups in total. The largest absolute Gasteiger partial charge is 0.467 e. The SMILES string of the molecule is Cc1ccc(CN(C)C(=O)c2cc(-c3cccnc3)nc3c2cnn3Cc2ccco2)o1. The second-order valence-electron chi connectivity index (χ2n) is 7.59. The van der Waals surface area contributed by atoms with Crippen molar-refractivity contribution in [2.45, 2.75) is 20.0 Å². The summed E-state index contributed by atoms with van der Waals surface area (Å²) >= 11 is 0. The van der Waals surface area contributed by atoms with Crippen LogP contribution in [-0.4, -0.2) is 37.6 Å². The van der Waals surface area contributed by atoms with Gasteiger partial charge in [0, 0.05) is 25.0 Å². The van der Waals surface area contributed by atoms with Gasteiger partial charge in [0.05, 0.1) is 35.6 Å². The summed E-state index contributed by atoms with van der Waals surface area (Å²) in [7, 11) is 1.75. The zero-order valence-electron chi connectivity index (χ0n) is 17.7. The van der Waals surface area contributed by atoms with E-state index in [0.717, 1.165) is 22.8 Å². The molecule has 0 saturated heterocycles. The first-order chi connectivity index (χ1) is 15.6. The highest BCUT2D eigenvalue weighted by Gasteiger charge is 2.21. The van der Waals surface area contributed by atoms with Crippen molar-refractivity contribution in [3.05, 3.63) is 90.2 Å². The van der Waals surface area contributed by atoms with Crippen molar-refractivity contribution in [1.82, 2.24) is 24.6 Å². The van der Waals surface area contributed by atoms with Crippen LogP contribution in [0.5, 0.6) is 0 Å². The van der Waals surface area contributed by atoms with Crippen LogP contribution in [0.25, 0.3) is 22.3 Å². The number of carbonyl (C=O) groups excluding carboxylic acids is 1. The normalized spacial score (nSPS) is 11.2. The number of fused-ring (bicyclic) bond motifs is 1. The Kier molecular flexibility index (Phi) is 5.03. The van der Waals surface area contributed by atoms with Crippen molar-refractivity contribution in [3.63, 3.8) is 0 Å². The van der Waals surface area contributed by atoms with E-state index in [2.05, 4.69) is 10.1 Å². The predicted molar refractivity (Wildman–Crippen MR) is 118 cm³/mol. The third-order valence-electron chi connectivity index (χ3n) is 5.22. The summed E-state index contributed by atoms with van der Waals surface area (Å²) in [5.74, 6) is 2.14. The molecule has 0 spiro atoms. The second-order valence-corrected chi connectivity index (χ2v) is 7.59. The average molecular weight is 427 g/mol. The molecule has 0 aliphatic carbocycles. The molecule has 5 rings (SSSR count). The van der Waals surface area contributed by atoms with Crippen molar-refractivity contribution < 1.29 is 13.6 Å². The highest BCUT2D eigenvalue weighted by Crippen LogP contribution is 2.26. The van der Waals surface area contributed by atoms with Gasteiger partial charge in [0.2, 0.25) is 0 Å². The molecule has 5 heterocycles. The molecule has 8 nitrogen and oxygen atoms in total. The van der Waals surface area contributed by atoms with E-state index >= 15 is 0 Å². The van der Waals surface area contributed by atoms with Crippen LogP contribution >= 0.6 is 0 Å². The molecule has 0 bridgehead atoms. The van der Waals surface area contributed by atoms with Gasteiger partial charge in [0.15, 0.2) is 5.65 Å². The standard InChI is InChI=1S/C24H21N5O3/c1-16-7-8-19(32-16)14-28(2)24(30)20-11-22(17-5-3-9-25-12-17)27-23-21(20)13-26-29(23)15-18-6-4-10-31-18/h3-13H,14-15H2,1-2H3. The predicted octanol–water partition coefficient (Wildman–Crippen LogP) is 4.31. The summed E-state index contributed by atoms with van der Waals surface area (Å²) in [6.45, 7) is 2.65. The van der Waals surface area contributed by atoms with Crippen LogP contribution in [0.15, 0.2) is 76.2 Å². The van der Waals surface area contributed by atoms with Gasteiger partial charge in [0.1, 0.15) is 23.8 Å². The first-order valence-corrected chi connectivity index (χ1v) is 10.2. The van der Waals surface area contributed by atoms with E-state index in [9.17, 15) is 4.79 Å². The van der Waals surface area contributed by atoms with E-state index in [1.54, 1.807) is 47.5 Å². The first-order valence-electron chi connectivity index (χ1n) is 10.2. The minimum absolute atomic E-state index is 0.144. The highest BCUT2D eigenvalue weighted by molar-refractivity contribution is 6.06. The number of nitrogens with zero attached hydrogens (tertiary/aromatic N) is 5. The number of aromatic nitrogens is 4. The van der Waals surface area contributed by atoms with Crippen LogP contribution in [-0.2, 0) is 13.1 Å². The first kappa shape index (κ1) is 19.7. The zero-order valence-corrected chi connectivity index (χ0v) is 17.7. The molecule has 0 aromatic carbocycles. The minimum Gasteiger partial charge on any atom is -0.467 e. The van der Waals surface area contributed by atoms with Gasteiger partial charge >= 0.3 is 0 Å². The molecule has 0 saturated carbocycles. The fraction of sp³-hybridized carbons (Fsp3) is 0.167. The van der Waals surface area contributed by atoms with Crippen molar-refractivity contribution in [2.75, 3.05) is 7.05 Å². The number of carbonyl (C=O) groups is 1. The van der Waals surface area contributed by atoms with Crippen LogP contribution < -0.4 is 0 Å². The lowest BCUT2D eigenvalue weighted by Crippen LogP contribution is -2.26. The van der Waals surface area contributed by atoms with E-state index in [4.69, 9.17) is 13.8 Å². The van der Waals surface area contributed by atoms with Gasteiger partial charge in [-0.15, -0.1) is 0 Å². The lowest BCUT2D eigenvalue weighted by Gasteiger charge is -2.17. The Labute approximate surface area is 184 Å². The van der Waals surface area contributed by atoms with E-state index in [-0.39, 0.29) is 5.91 Å². The lowest BCUT2D eigenvalue weighted by molar-refractivity contribution is 0.0777. The zero-order chi connectivity index (χ0) is 22.1. The summed E-state index contributed by atoms with van der Waals surface area (Å²) in [6, 6.07) is 13.0. The van der Waals surface area contributed by atoms with Crippen molar-refractivity contribution >= 4 is 16.9 Å². The number of furan rings is 2. The van der Waals surface area contributed by atoms with Crippen LogP contribution in [0, 0.1) is 6.92 Å². The summed E-state index contributed by atoms with van der Waals surface area (Å²) in [5, 5.41) is 5.16. The molecule has 0 fully saturated rings. The molecule has 0 aliphatic rings. The maximum Gasteiger partial charge on any atom is 0.254 e. The number of hydrogen-bond acceptors (Lipinski definition) is 6. The smallest absolute Gasteiger partial charge is 0.254 e. The number of rotatable bonds is 6. The van der Waals surface area contributed by atoms with Gasteiger partial charge in [-0.1, -0.05) is 0 Å². The molecule has 160 valence electrons. The van der Waals surface area contributed by atoms with E-state index < -0.39 is 0 Å². The van der Waals surface area contributed by atoms with Crippen LogP contribution in [0.1, 0.15) is 27.6 Å². The number of hydrogen-bond donors (Lipinski definition) is 0. The molecule has 1 amide bonds. The van der Waals surface area contributed by atoms with Crippen molar-refractivity contribution in [3.8, 4) is 11.3 Å². The summed E-state index contributed by atoms with van der Waals surface area (Å²) < 4.78 is 12.8. The van der Waals surface area contributed by atoms with Gasteiger partial charge in [-0.2, -0.15) is 5.10 Å². The summed E-state index contributed by atoms with van der Waals surface area (Å²) in [5.41, 5.74) is 2.59. The van der Waals surface area contributed by atoms with Gasteiger partial charge in [-0.3, -0.25) is 9.78 Å². The van der Waals surface area contributed by atoms with E-state index in [1.165, 1.54) is 0 Å². The van der Waals surface area contributed by atoms with Gasteiger partial charge in [0.25, 0.3) is 5.91 Å². The van der Waals surface area contributed by atoms with Crippen LogP contribution in [0.4, 0.5) is 0 Å². The third kappa shape index (κ3) is 3.78. The molecule has 5 aromatic rings. The number of amides is 1. The quantitative estimate of drug-likeness (QED) is 0.401. The van der Waals surface area contributed by atoms with Crippen LogP contribution in [0.2, 0.25) is 0 Å². The topological polar surface area (TPSA) is 90.2 Å².